The van der Waals surface area contributed by atoms with E-state index >= 15 is 0 Å². The summed E-state index contributed by atoms with van der Waals surface area (Å²) in [5.74, 6) is 1.86. The summed E-state index contributed by atoms with van der Waals surface area (Å²) < 4.78 is 2.20. The van der Waals surface area contributed by atoms with Crippen LogP contribution in [0.15, 0.2) is 6.07 Å². The number of aromatic nitrogens is 2. The minimum Gasteiger partial charge on any atom is -0.481 e. The van der Waals surface area contributed by atoms with E-state index in [-0.39, 0.29) is 12.0 Å². The first-order chi connectivity index (χ1) is 9.54. The van der Waals surface area contributed by atoms with Gasteiger partial charge < -0.3 is 5.11 Å². The van der Waals surface area contributed by atoms with Crippen LogP contribution >= 0.6 is 0 Å². The molecule has 1 heterocycles. The zero-order valence-corrected chi connectivity index (χ0v) is 12.0. The van der Waals surface area contributed by atoms with E-state index in [0.29, 0.717) is 5.69 Å². The summed E-state index contributed by atoms with van der Waals surface area (Å²) in [6.45, 7) is 2.08. The molecular formula is C16H22N2O2. The van der Waals surface area contributed by atoms with Gasteiger partial charge in [0.05, 0.1) is 17.7 Å². The highest BCUT2D eigenvalue weighted by atomic mass is 16.4. The predicted molar refractivity (Wildman–Crippen MR) is 74.4 cm³/mol. The number of rotatable bonds is 3. The Morgan fingerprint density at radius 3 is 2.35 bits per heavy atom. The molecule has 0 spiro atoms. The monoisotopic (exact) mass is 274 g/mol. The van der Waals surface area contributed by atoms with Crippen molar-refractivity contribution < 1.29 is 9.90 Å². The first-order valence-electron chi connectivity index (χ1n) is 7.82. The first kappa shape index (κ1) is 12.4. The van der Waals surface area contributed by atoms with Crippen LogP contribution in [0.25, 0.3) is 0 Å². The number of carboxylic acids is 1. The summed E-state index contributed by atoms with van der Waals surface area (Å²) in [6, 6.07) is 1.96. The SMILES string of the molecule is Cc1cc(CC(=O)O)nn1C12CC3CC(CC(C3)C1)C2. The normalized spacial score (nSPS) is 38.4. The number of carbonyl (C=O) groups is 1. The molecule has 0 aromatic carbocycles. The highest BCUT2D eigenvalue weighted by molar-refractivity contribution is 5.69. The molecule has 0 radical (unpaired) electrons. The topological polar surface area (TPSA) is 55.1 Å². The number of aliphatic carboxylic acids is 1. The van der Waals surface area contributed by atoms with E-state index in [4.69, 9.17) is 5.11 Å². The third-order valence-corrected chi connectivity index (χ3v) is 5.73. The number of carboxylic acid groups (broad SMARTS) is 1. The van der Waals surface area contributed by atoms with Gasteiger partial charge in [-0.15, -0.1) is 0 Å². The maximum absolute atomic E-state index is 10.9. The third-order valence-electron chi connectivity index (χ3n) is 5.73. The quantitative estimate of drug-likeness (QED) is 0.922. The van der Waals surface area contributed by atoms with Gasteiger partial charge in [0, 0.05) is 5.69 Å². The van der Waals surface area contributed by atoms with Gasteiger partial charge in [-0.25, -0.2) is 0 Å². The van der Waals surface area contributed by atoms with Gasteiger partial charge in [0.25, 0.3) is 0 Å². The van der Waals surface area contributed by atoms with Gasteiger partial charge in [0.2, 0.25) is 0 Å². The van der Waals surface area contributed by atoms with Gasteiger partial charge in [0.15, 0.2) is 0 Å². The fraction of sp³-hybridized carbons (Fsp3) is 0.750. The van der Waals surface area contributed by atoms with Crippen molar-refractivity contribution in [1.82, 2.24) is 9.78 Å². The summed E-state index contributed by atoms with van der Waals surface area (Å²) >= 11 is 0. The summed E-state index contributed by atoms with van der Waals surface area (Å²) in [4.78, 5) is 10.9. The maximum Gasteiger partial charge on any atom is 0.309 e. The molecule has 1 N–H and O–H groups in total. The van der Waals surface area contributed by atoms with Crippen LogP contribution in [0.4, 0.5) is 0 Å². The Morgan fingerprint density at radius 1 is 1.30 bits per heavy atom. The molecule has 4 saturated carbocycles. The van der Waals surface area contributed by atoms with E-state index in [1.54, 1.807) is 0 Å². The van der Waals surface area contributed by atoms with Crippen molar-refractivity contribution in [3.63, 3.8) is 0 Å². The molecule has 108 valence electrons. The molecule has 4 nitrogen and oxygen atoms in total. The molecule has 0 amide bonds. The zero-order valence-electron chi connectivity index (χ0n) is 12.0. The third kappa shape index (κ3) is 1.80. The molecule has 5 rings (SSSR count). The zero-order chi connectivity index (χ0) is 13.9. The Labute approximate surface area is 119 Å². The van der Waals surface area contributed by atoms with Gasteiger partial charge in [-0.3, -0.25) is 9.48 Å². The second-order valence-electron chi connectivity index (χ2n) is 7.40. The molecule has 4 heteroatoms. The van der Waals surface area contributed by atoms with Crippen LogP contribution in [-0.2, 0) is 16.8 Å². The molecule has 4 aliphatic carbocycles. The molecule has 0 aliphatic heterocycles. The molecule has 4 aliphatic rings. The van der Waals surface area contributed by atoms with Gasteiger partial charge in [-0.05, 0) is 69.3 Å². The molecular weight excluding hydrogens is 252 g/mol. The highest BCUT2D eigenvalue weighted by Crippen LogP contribution is 2.58. The van der Waals surface area contributed by atoms with Gasteiger partial charge in [0.1, 0.15) is 0 Å². The van der Waals surface area contributed by atoms with Crippen LogP contribution < -0.4 is 0 Å². The number of nitrogens with zero attached hydrogens (tertiary/aromatic N) is 2. The second-order valence-corrected chi connectivity index (χ2v) is 7.40. The van der Waals surface area contributed by atoms with Crippen molar-refractivity contribution in [3.8, 4) is 0 Å². The Morgan fingerprint density at radius 2 is 1.85 bits per heavy atom. The van der Waals surface area contributed by atoms with Crippen molar-refractivity contribution in [1.29, 1.82) is 0 Å². The van der Waals surface area contributed by atoms with Crippen molar-refractivity contribution in [3.05, 3.63) is 17.5 Å². The summed E-state index contributed by atoms with van der Waals surface area (Å²) in [5, 5.41) is 13.6. The van der Waals surface area contributed by atoms with Crippen LogP contribution in [0, 0.1) is 24.7 Å². The largest absolute Gasteiger partial charge is 0.481 e. The van der Waals surface area contributed by atoms with Gasteiger partial charge in [-0.1, -0.05) is 0 Å². The lowest BCUT2D eigenvalue weighted by Gasteiger charge is -2.56. The average Bonchev–Trinajstić information content (AvgIpc) is 2.68. The minimum atomic E-state index is -0.792. The highest BCUT2D eigenvalue weighted by Gasteiger charge is 2.52. The number of hydrogen-bond acceptors (Lipinski definition) is 2. The molecule has 0 atom stereocenters. The molecule has 1 aromatic rings. The second kappa shape index (κ2) is 4.09. The Hall–Kier alpha value is -1.32. The number of aryl methyl sites for hydroxylation is 1. The Balaban J connectivity index is 1.70. The molecule has 4 bridgehead atoms. The first-order valence-corrected chi connectivity index (χ1v) is 7.82. The van der Waals surface area contributed by atoms with Crippen LogP contribution in [0.5, 0.6) is 0 Å². The fourth-order valence-corrected chi connectivity index (χ4v) is 5.58. The lowest BCUT2D eigenvalue weighted by Crippen LogP contribution is -2.52. The van der Waals surface area contributed by atoms with Gasteiger partial charge in [-0.2, -0.15) is 5.10 Å². The summed E-state index contributed by atoms with van der Waals surface area (Å²) in [7, 11) is 0. The van der Waals surface area contributed by atoms with E-state index in [2.05, 4.69) is 16.7 Å². The smallest absolute Gasteiger partial charge is 0.309 e. The molecule has 4 fully saturated rings. The van der Waals surface area contributed by atoms with Crippen LogP contribution in [0.3, 0.4) is 0 Å². The van der Waals surface area contributed by atoms with Crippen LogP contribution in [0.1, 0.15) is 49.9 Å². The van der Waals surface area contributed by atoms with Gasteiger partial charge >= 0.3 is 5.97 Å². The Kier molecular flexibility index (Phi) is 2.54. The van der Waals surface area contributed by atoms with E-state index in [0.717, 1.165) is 23.4 Å². The van der Waals surface area contributed by atoms with Crippen LogP contribution in [0.2, 0.25) is 0 Å². The van der Waals surface area contributed by atoms with Crippen molar-refractivity contribution >= 4 is 5.97 Å². The molecule has 20 heavy (non-hydrogen) atoms. The average molecular weight is 274 g/mol. The molecule has 0 saturated heterocycles. The minimum absolute atomic E-state index is 0.0419. The maximum atomic E-state index is 10.9. The number of hydrogen-bond donors (Lipinski definition) is 1. The van der Waals surface area contributed by atoms with Crippen molar-refractivity contribution in [2.75, 3.05) is 0 Å². The van der Waals surface area contributed by atoms with E-state index in [1.165, 1.54) is 38.5 Å². The van der Waals surface area contributed by atoms with Crippen molar-refractivity contribution in [2.45, 2.75) is 57.4 Å². The fourth-order valence-electron chi connectivity index (χ4n) is 5.58. The standard InChI is InChI=1S/C16H22N2O2/c1-10-2-14(6-15(19)20)17-18(10)16-7-11-3-12(8-16)5-13(4-11)9-16/h2,11-13H,3-9H2,1H3,(H,19,20). The van der Waals surface area contributed by atoms with Crippen molar-refractivity contribution in [2.24, 2.45) is 17.8 Å². The Bertz CT molecular complexity index is 526. The predicted octanol–water partition coefficient (Wildman–Crippen LogP) is 2.74. The van der Waals surface area contributed by atoms with E-state index in [1.807, 2.05) is 6.07 Å². The molecule has 0 unspecified atom stereocenters. The van der Waals surface area contributed by atoms with E-state index < -0.39 is 5.97 Å². The summed E-state index contributed by atoms with van der Waals surface area (Å²) in [5.41, 5.74) is 2.06. The van der Waals surface area contributed by atoms with Crippen LogP contribution in [-0.4, -0.2) is 20.9 Å². The lowest BCUT2D eigenvalue weighted by atomic mass is 9.53. The van der Waals surface area contributed by atoms with E-state index in [9.17, 15) is 4.79 Å². The lowest BCUT2D eigenvalue weighted by molar-refractivity contribution is -0.136. The summed E-state index contributed by atoms with van der Waals surface area (Å²) in [6.07, 6.45) is 8.07. The molecule has 1 aromatic heterocycles.